The summed E-state index contributed by atoms with van der Waals surface area (Å²) < 4.78 is 55.3. The Balaban J connectivity index is 1.60. The van der Waals surface area contributed by atoms with Gasteiger partial charge in [0.05, 0.1) is 126 Å². The molecule has 0 unspecified atom stereocenters. The molecule has 10 heteroatoms. The monoisotopic (exact) mass is 686 g/mol. The second-order valence-corrected chi connectivity index (χ2v) is 11.6. The van der Waals surface area contributed by atoms with Crippen LogP contribution in [0.15, 0.2) is 30.3 Å². The Hall–Kier alpha value is -1.18. The minimum atomic E-state index is 0.527. The molecular formula is C38H70O10. The number of benzene rings is 1. The highest BCUT2D eigenvalue weighted by molar-refractivity contribution is 5.13. The van der Waals surface area contributed by atoms with E-state index in [1.165, 1.54) is 64.2 Å². The van der Waals surface area contributed by atoms with Crippen LogP contribution in [0.4, 0.5) is 0 Å². The van der Waals surface area contributed by atoms with Crippen LogP contribution in [0.5, 0.6) is 0 Å². The molecule has 0 N–H and O–H groups in total. The Morgan fingerprint density at radius 2 is 0.562 bits per heavy atom. The van der Waals surface area contributed by atoms with E-state index in [-0.39, 0.29) is 0 Å². The van der Waals surface area contributed by atoms with Crippen LogP contribution >= 0.6 is 0 Å². The normalized spacial score (nSPS) is 11.5. The number of hydrogen-bond acceptors (Lipinski definition) is 10. The molecule has 1 aromatic carbocycles. The summed E-state index contributed by atoms with van der Waals surface area (Å²) in [5, 5.41) is 0. The van der Waals surface area contributed by atoms with Crippen LogP contribution in [0.1, 0.15) is 83.1 Å². The van der Waals surface area contributed by atoms with Crippen LogP contribution < -0.4 is 0 Å². The van der Waals surface area contributed by atoms with Gasteiger partial charge in [-0.15, -0.1) is 0 Å². The standard InChI is InChI=1S/C38H70O10/c1-2-3-4-5-6-7-8-9-10-11-15-18-39-19-20-40-21-22-41-23-24-42-25-26-43-27-28-44-29-30-45-31-32-46-33-34-47-35-36-48-37-38-16-13-12-14-17-38/h12-14,16-17H,2-11,15,18-37H2,1H3. The van der Waals surface area contributed by atoms with Gasteiger partial charge in [-0.1, -0.05) is 101 Å². The van der Waals surface area contributed by atoms with E-state index in [9.17, 15) is 0 Å². The van der Waals surface area contributed by atoms with E-state index in [1.54, 1.807) is 0 Å². The zero-order chi connectivity index (χ0) is 34.1. The number of unbranched alkanes of at least 4 members (excludes halogenated alkanes) is 10. The Bertz CT molecular complexity index is 712. The van der Waals surface area contributed by atoms with Crippen LogP contribution in [-0.2, 0) is 54.0 Å². The van der Waals surface area contributed by atoms with Crippen molar-refractivity contribution < 1.29 is 47.4 Å². The molecular weight excluding hydrogens is 616 g/mol. The molecule has 0 bridgehead atoms. The summed E-state index contributed by atoms with van der Waals surface area (Å²) in [5.74, 6) is 0. The van der Waals surface area contributed by atoms with Gasteiger partial charge < -0.3 is 47.4 Å². The van der Waals surface area contributed by atoms with Gasteiger partial charge in [0.1, 0.15) is 0 Å². The van der Waals surface area contributed by atoms with E-state index < -0.39 is 0 Å². The van der Waals surface area contributed by atoms with Crippen molar-refractivity contribution in [2.24, 2.45) is 0 Å². The lowest BCUT2D eigenvalue weighted by atomic mass is 10.1. The van der Waals surface area contributed by atoms with Gasteiger partial charge in [-0.2, -0.15) is 0 Å². The van der Waals surface area contributed by atoms with Gasteiger partial charge in [0, 0.05) is 6.61 Å². The third-order valence-electron chi connectivity index (χ3n) is 7.35. The summed E-state index contributed by atoms with van der Waals surface area (Å²) in [6.07, 6.45) is 14.9. The van der Waals surface area contributed by atoms with Crippen LogP contribution in [0.25, 0.3) is 0 Å². The van der Waals surface area contributed by atoms with Gasteiger partial charge in [0.2, 0.25) is 0 Å². The highest BCUT2D eigenvalue weighted by atomic mass is 16.6. The molecule has 0 saturated heterocycles. The van der Waals surface area contributed by atoms with Crippen molar-refractivity contribution in [3.63, 3.8) is 0 Å². The lowest BCUT2D eigenvalue weighted by Gasteiger charge is -2.09. The van der Waals surface area contributed by atoms with E-state index in [0.29, 0.717) is 126 Å². The molecule has 0 heterocycles. The molecule has 0 aliphatic heterocycles. The molecule has 0 aliphatic carbocycles. The zero-order valence-corrected chi connectivity index (χ0v) is 30.4. The quantitative estimate of drug-likeness (QED) is 0.0697. The van der Waals surface area contributed by atoms with Crippen molar-refractivity contribution in [2.75, 3.05) is 126 Å². The first kappa shape index (κ1) is 44.8. The van der Waals surface area contributed by atoms with E-state index in [1.807, 2.05) is 30.3 Å². The molecule has 0 spiro atoms. The van der Waals surface area contributed by atoms with Gasteiger partial charge in [-0.05, 0) is 12.0 Å². The van der Waals surface area contributed by atoms with Crippen molar-refractivity contribution in [1.82, 2.24) is 0 Å². The molecule has 282 valence electrons. The Morgan fingerprint density at radius 1 is 0.292 bits per heavy atom. The molecule has 48 heavy (non-hydrogen) atoms. The first-order valence-electron chi connectivity index (χ1n) is 18.7. The maximum atomic E-state index is 5.66. The SMILES string of the molecule is CCCCCCCCCCCCCOCCOCCOCCOCCOCCOCCOCCOCCOCCOCc1ccccc1. The fraction of sp³-hybridized carbons (Fsp3) is 0.842. The van der Waals surface area contributed by atoms with Gasteiger partial charge >= 0.3 is 0 Å². The van der Waals surface area contributed by atoms with Crippen LogP contribution in [0.2, 0.25) is 0 Å². The van der Waals surface area contributed by atoms with Crippen molar-refractivity contribution in [3.05, 3.63) is 35.9 Å². The minimum Gasteiger partial charge on any atom is -0.379 e. The first-order chi connectivity index (χ1) is 23.9. The van der Waals surface area contributed by atoms with Gasteiger partial charge in [0.25, 0.3) is 0 Å². The van der Waals surface area contributed by atoms with Gasteiger partial charge in [-0.3, -0.25) is 0 Å². The first-order valence-corrected chi connectivity index (χ1v) is 18.7. The second-order valence-electron chi connectivity index (χ2n) is 11.6. The van der Waals surface area contributed by atoms with Crippen LogP contribution in [0.3, 0.4) is 0 Å². The summed E-state index contributed by atoms with van der Waals surface area (Å²) >= 11 is 0. The van der Waals surface area contributed by atoms with E-state index in [0.717, 1.165) is 18.6 Å². The number of rotatable bonds is 41. The molecule has 0 radical (unpaired) electrons. The topological polar surface area (TPSA) is 92.3 Å². The molecule has 0 saturated carbocycles. The average Bonchev–Trinajstić information content (AvgIpc) is 3.11. The van der Waals surface area contributed by atoms with E-state index in [4.69, 9.17) is 47.4 Å². The predicted molar refractivity (Wildman–Crippen MR) is 190 cm³/mol. The summed E-state index contributed by atoms with van der Waals surface area (Å²) in [7, 11) is 0. The predicted octanol–water partition coefficient (Wildman–Crippen LogP) is 6.66. The Kier molecular flexibility index (Phi) is 37.6. The highest BCUT2D eigenvalue weighted by Crippen LogP contribution is 2.11. The van der Waals surface area contributed by atoms with Crippen molar-refractivity contribution in [2.45, 2.75) is 84.2 Å². The highest BCUT2D eigenvalue weighted by Gasteiger charge is 1.97. The minimum absolute atomic E-state index is 0.527. The second kappa shape index (κ2) is 40.3. The molecule has 0 aromatic heterocycles. The molecule has 0 aliphatic rings. The maximum Gasteiger partial charge on any atom is 0.0718 e. The molecule has 10 nitrogen and oxygen atoms in total. The summed E-state index contributed by atoms with van der Waals surface area (Å²) in [6.45, 7) is 13.7. The number of ether oxygens (including phenoxy) is 10. The molecule has 1 rings (SSSR count). The third-order valence-corrected chi connectivity index (χ3v) is 7.35. The lowest BCUT2D eigenvalue weighted by molar-refractivity contribution is -0.0267. The smallest absolute Gasteiger partial charge is 0.0718 e. The third kappa shape index (κ3) is 36.1. The fourth-order valence-corrected chi connectivity index (χ4v) is 4.61. The Morgan fingerprint density at radius 3 is 0.896 bits per heavy atom. The van der Waals surface area contributed by atoms with Gasteiger partial charge in [0.15, 0.2) is 0 Å². The average molecular weight is 687 g/mol. The Labute approximate surface area is 292 Å². The summed E-state index contributed by atoms with van der Waals surface area (Å²) in [5.41, 5.74) is 1.16. The van der Waals surface area contributed by atoms with E-state index in [2.05, 4.69) is 6.92 Å². The molecule has 1 aromatic rings. The lowest BCUT2D eigenvalue weighted by Crippen LogP contribution is -2.15. The largest absolute Gasteiger partial charge is 0.379 e. The molecule has 0 fully saturated rings. The van der Waals surface area contributed by atoms with Crippen molar-refractivity contribution in [1.29, 1.82) is 0 Å². The zero-order valence-electron chi connectivity index (χ0n) is 30.4. The van der Waals surface area contributed by atoms with Gasteiger partial charge in [-0.25, -0.2) is 0 Å². The van der Waals surface area contributed by atoms with Crippen LogP contribution in [0, 0.1) is 0 Å². The fourth-order valence-electron chi connectivity index (χ4n) is 4.61. The molecule has 0 amide bonds. The van der Waals surface area contributed by atoms with Crippen LogP contribution in [-0.4, -0.2) is 126 Å². The maximum absolute atomic E-state index is 5.66. The number of hydrogen-bond donors (Lipinski definition) is 0. The van der Waals surface area contributed by atoms with Crippen molar-refractivity contribution in [3.8, 4) is 0 Å². The van der Waals surface area contributed by atoms with Crippen molar-refractivity contribution >= 4 is 0 Å². The molecule has 0 atom stereocenters. The summed E-state index contributed by atoms with van der Waals surface area (Å²) in [4.78, 5) is 0. The van der Waals surface area contributed by atoms with E-state index >= 15 is 0 Å². The summed E-state index contributed by atoms with van der Waals surface area (Å²) in [6, 6.07) is 10.1.